The Kier molecular flexibility index (Phi) is 6.65. The lowest BCUT2D eigenvalue weighted by Gasteiger charge is -2.29. The minimum atomic E-state index is -0.416. The zero-order valence-electron chi connectivity index (χ0n) is 17.7. The van der Waals surface area contributed by atoms with E-state index in [-0.39, 0.29) is 17.3 Å². The Morgan fingerprint density at radius 1 is 1.33 bits per heavy atom. The number of nitrogens with one attached hydrogen (secondary N) is 1. The number of hydrogen-bond acceptors (Lipinski definition) is 4. The van der Waals surface area contributed by atoms with Crippen LogP contribution in [0.5, 0.6) is 5.75 Å². The van der Waals surface area contributed by atoms with E-state index < -0.39 is 5.82 Å². The van der Waals surface area contributed by atoms with Crippen molar-refractivity contribution < 1.29 is 13.9 Å². The molecule has 0 fully saturated rings. The number of rotatable bonds is 6. The number of halogens is 2. The van der Waals surface area contributed by atoms with Crippen LogP contribution in [-0.2, 0) is 4.79 Å². The van der Waals surface area contributed by atoms with E-state index >= 15 is 0 Å². The fourth-order valence-corrected chi connectivity index (χ4v) is 4.31. The maximum atomic E-state index is 14.4. The standard InChI is InChI=1S/C24H26FIN2O2/c1-14(2)30-19-8-6-7-16(9-19)15(3)21-22(26)20(25)13-27-23(21)28-17-10-18(29)12-24(4,5)11-17/h6-10,13-14H,3,11-12H2,1-2,4-5H3,(H,27,28). The average molecular weight is 520 g/mol. The molecule has 0 saturated heterocycles. The Morgan fingerprint density at radius 2 is 2.07 bits per heavy atom. The molecule has 0 spiro atoms. The molecule has 0 bridgehead atoms. The molecule has 158 valence electrons. The molecule has 30 heavy (non-hydrogen) atoms. The number of ether oxygens (including phenoxy) is 1. The number of allylic oxidation sites excluding steroid dienone is 2. The Hall–Kier alpha value is -2.22. The molecule has 1 aliphatic rings. The maximum absolute atomic E-state index is 14.4. The molecule has 1 aromatic heterocycles. The monoisotopic (exact) mass is 520 g/mol. The van der Waals surface area contributed by atoms with Crippen LogP contribution in [-0.4, -0.2) is 16.9 Å². The summed E-state index contributed by atoms with van der Waals surface area (Å²) in [5.74, 6) is 0.864. The smallest absolute Gasteiger partial charge is 0.157 e. The lowest BCUT2D eigenvalue weighted by molar-refractivity contribution is -0.117. The molecular weight excluding hydrogens is 494 g/mol. The van der Waals surface area contributed by atoms with E-state index in [9.17, 15) is 9.18 Å². The summed E-state index contributed by atoms with van der Waals surface area (Å²) in [6.45, 7) is 12.3. The summed E-state index contributed by atoms with van der Waals surface area (Å²) in [4.78, 5) is 16.4. The molecule has 0 atom stereocenters. The number of benzene rings is 1. The Morgan fingerprint density at radius 3 is 2.73 bits per heavy atom. The molecule has 0 amide bonds. The van der Waals surface area contributed by atoms with Crippen molar-refractivity contribution in [1.29, 1.82) is 0 Å². The summed E-state index contributed by atoms with van der Waals surface area (Å²) < 4.78 is 20.6. The fraction of sp³-hybridized carbons (Fsp3) is 0.333. The third kappa shape index (κ3) is 5.28. The van der Waals surface area contributed by atoms with Gasteiger partial charge < -0.3 is 10.1 Å². The number of pyridine rings is 1. The van der Waals surface area contributed by atoms with Gasteiger partial charge in [0.15, 0.2) is 11.6 Å². The summed E-state index contributed by atoms with van der Waals surface area (Å²) in [5.41, 5.74) is 2.66. The summed E-state index contributed by atoms with van der Waals surface area (Å²) >= 11 is 1.97. The van der Waals surface area contributed by atoms with Crippen molar-refractivity contribution in [2.75, 3.05) is 5.32 Å². The van der Waals surface area contributed by atoms with Gasteiger partial charge in [0.1, 0.15) is 11.6 Å². The maximum Gasteiger partial charge on any atom is 0.157 e. The van der Waals surface area contributed by atoms with Crippen molar-refractivity contribution in [3.05, 3.63) is 69.3 Å². The first-order valence-corrected chi connectivity index (χ1v) is 10.9. The first-order chi connectivity index (χ1) is 14.1. The predicted octanol–water partition coefficient (Wildman–Crippen LogP) is 6.36. The highest BCUT2D eigenvalue weighted by Crippen LogP contribution is 2.37. The zero-order valence-corrected chi connectivity index (χ0v) is 19.8. The van der Waals surface area contributed by atoms with Gasteiger partial charge in [-0.15, -0.1) is 0 Å². The number of anilines is 1. The van der Waals surface area contributed by atoms with Gasteiger partial charge in [-0.05, 0) is 71.5 Å². The third-order valence-corrected chi connectivity index (χ3v) is 5.82. The first kappa shape index (κ1) is 22.5. The molecular formula is C24H26FIN2O2. The Balaban J connectivity index is 2.00. The topological polar surface area (TPSA) is 51.2 Å². The van der Waals surface area contributed by atoms with Crippen LogP contribution >= 0.6 is 22.6 Å². The lowest BCUT2D eigenvalue weighted by Crippen LogP contribution is -2.25. The molecule has 3 rings (SSSR count). The molecule has 1 aliphatic carbocycles. The lowest BCUT2D eigenvalue weighted by atomic mass is 9.79. The zero-order chi connectivity index (χ0) is 22.1. The van der Waals surface area contributed by atoms with Crippen LogP contribution in [0, 0.1) is 14.8 Å². The molecule has 2 aromatic rings. The molecule has 1 N–H and O–H groups in total. The van der Waals surface area contributed by atoms with Gasteiger partial charge in [0.25, 0.3) is 0 Å². The molecule has 1 heterocycles. The molecule has 4 nitrogen and oxygen atoms in total. The highest BCUT2D eigenvalue weighted by molar-refractivity contribution is 14.1. The van der Waals surface area contributed by atoms with E-state index in [1.807, 2.05) is 60.7 Å². The Bertz CT molecular complexity index is 1030. The average Bonchev–Trinajstić information content (AvgIpc) is 2.62. The van der Waals surface area contributed by atoms with Gasteiger partial charge >= 0.3 is 0 Å². The van der Waals surface area contributed by atoms with Gasteiger partial charge in [-0.3, -0.25) is 4.79 Å². The minimum Gasteiger partial charge on any atom is -0.491 e. The van der Waals surface area contributed by atoms with E-state index in [0.717, 1.165) is 17.0 Å². The van der Waals surface area contributed by atoms with Crippen molar-refractivity contribution >= 4 is 39.8 Å². The highest BCUT2D eigenvalue weighted by atomic mass is 127. The number of carbonyl (C=O) groups excluding carboxylic acids is 1. The number of carbonyl (C=O) groups is 1. The van der Waals surface area contributed by atoms with Crippen LogP contribution in [0.3, 0.4) is 0 Å². The number of nitrogens with zero attached hydrogens (tertiary/aromatic N) is 1. The fourth-order valence-electron chi connectivity index (χ4n) is 3.59. The number of ketones is 1. The van der Waals surface area contributed by atoms with Crippen LogP contribution in [0.4, 0.5) is 10.2 Å². The second kappa shape index (κ2) is 8.88. The van der Waals surface area contributed by atoms with Gasteiger partial charge in [-0.25, -0.2) is 9.37 Å². The van der Waals surface area contributed by atoms with Crippen LogP contribution in [0.15, 0.2) is 48.8 Å². The van der Waals surface area contributed by atoms with Gasteiger partial charge in [0.05, 0.1) is 15.9 Å². The van der Waals surface area contributed by atoms with Gasteiger partial charge in [0.2, 0.25) is 0 Å². The second-order valence-corrected chi connectivity index (χ2v) is 9.67. The first-order valence-electron chi connectivity index (χ1n) is 9.86. The summed E-state index contributed by atoms with van der Waals surface area (Å²) in [6.07, 6.45) is 4.07. The molecule has 6 heteroatoms. The summed E-state index contributed by atoms with van der Waals surface area (Å²) in [6, 6.07) is 7.56. The van der Waals surface area contributed by atoms with E-state index in [1.165, 1.54) is 6.20 Å². The Labute approximate surface area is 190 Å². The van der Waals surface area contributed by atoms with Crippen LogP contribution < -0.4 is 10.1 Å². The second-order valence-electron chi connectivity index (χ2n) is 8.60. The minimum absolute atomic E-state index is 0.0424. The molecule has 0 radical (unpaired) electrons. The van der Waals surface area contributed by atoms with Crippen molar-refractivity contribution in [2.24, 2.45) is 5.41 Å². The van der Waals surface area contributed by atoms with E-state index in [2.05, 4.69) is 30.7 Å². The largest absolute Gasteiger partial charge is 0.491 e. The van der Waals surface area contributed by atoms with Gasteiger partial charge in [0, 0.05) is 23.8 Å². The van der Waals surface area contributed by atoms with Crippen molar-refractivity contribution in [3.8, 4) is 5.75 Å². The SMILES string of the molecule is C=C(c1cccc(OC(C)C)c1)c1c(NC2=CC(=O)CC(C)(C)C2)ncc(F)c1I. The molecule has 1 aromatic carbocycles. The highest BCUT2D eigenvalue weighted by Gasteiger charge is 2.28. The van der Waals surface area contributed by atoms with E-state index in [0.29, 0.717) is 33.4 Å². The van der Waals surface area contributed by atoms with Crippen LogP contribution in [0.2, 0.25) is 0 Å². The predicted molar refractivity (Wildman–Crippen MR) is 127 cm³/mol. The van der Waals surface area contributed by atoms with E-state index in [4.69, 9.17) is 4.74 Å². The van der Waals surface area contributed by atoms with Crippen molar-refractivity contribution in [3.63, 3.8) is 0 Å². The van der Waals surface area contributed by atoms with Crippen molar-refractivity contribution in [2.45, 2.75) is 46.6 Å². The van der Waals surface area contributed by atoms with E-state index in [1.54, 1.807) is 6.08 Å². The summed E-state index contributed by atoms with van der Waals surface area (Å²) in [7, 11) is 0. The number of hydrogen-bond donors (Lipinski definition) is 1. The normalized spacial score (nSPS) is 15.7. The van der Waals surface area contributed by atoms with Crippen molar-refractivity contribution in [1.82, 2.24) is 4.98 Å². The summed E-state index contributed by atoms with van der Waals surface area (Å²) in [5, 5.41) is 3.27. The quantitative estimate of drug-likeness (QED) is 0.451. The van der Waals surface area contributed by atoms with Gasteiger partial charge in [-0.1, -0.05) is 32.6 Å². The molecule has 0 saturated carbocycles. The number of aromatic nitrogens is 1. The molecule has 0 aliphatic heterocycles. The van der Waals surface area contributed by atoms with Gasteiger partial charge in [-0.2, -0.15) is 0 Å². The third-order valence-electron chi connectivity index (χ3n) is 4.76. The van der Waals surface area contributed by atoms with Crippen LogP contribution in [0.1, 0.15) is 51.7 Å². The van der Waals surface area contributed by atoms with Crippen LogP contribution in [0.25, 0.3) is 5.57 Å². The molecule has 0 unspecified atom stereocenters.